The van der Waals surface area contributed by atoms with Crippen LogP contribution in [0, 0.1) is 0 Å². The summed E-state index contributed by atoms with van der Waals surface area (Å²) in [6.45, 7) is 0. The Morgan fingerprint density at radius 3 is 2.40 bits per heavy atom. The van der Waals surface area contributed by atoms with Gasteiger partial charge in [0.1, 0.15) is 0 Å². The summed E-state index contributed by atoms with van der Waals surface area (Å²) in [6, 6.07) is 11.8. The fourth-order valence-corrected chi connectivity index (χ4v) is 2.06. The molecule has 1 N–H and O–H groups in total. The van der Waals surface area contributed by atoms with Crippen LogP contribution in [0.4, 0.5) is 0 Å². The molecule has 2 rings (SSSR count). The SMILES string of the molecule is CNC(=O)c1cc2ccccc2cc1Br. The number of rotatable bonds is 1. The maximum absolute atomic E-state index is 11.5. The van der Waals surface area contributed by atoms with Crippen LogP contribution in [0.2, 0.25) is 0 Å². The van der Waals surface area contributed by atoms with Gasteiger partial charge in [-0.25, -0.2) is 0 Å². The number of amides is 1. The molecule has 3 heteroatoms. The topological polar surface area (TPSA) is 29.1 Å². The van der Waals surface area contributed by atoms with E-state index in [0.717, 1.165) is 15.2 Å². The van der Waals surface area contributed by atoms with Crippen LogP contribution < -0.4 is 5.32 Å². The standard InChI is InChI=1S/C12H10BrNO/c1-14-12(15)10-6-8-4-2-3-5-9(8)7-11(10)13/h2-7H,1H3,(H,14,15). The first-order valence-electron chi connectivity index (χ1n) is 4.63. The lowest BCUT2D eigenvalue weighted by Gasteiger charge is -2.05. The molecule has 0 aliphatic carbocycles. The molecule has 76 valence electrons. The molecule has 2 aromatic rings. The fraction of sp³-hybridized carbons (Fsp3) is 0.0833. The molecule has 2 nitrogen and oxygen atoms in total. The normalized spacial score (nSPS) is 10.3. The molecule has 0 aliphatic heterocycles. The summed E-state index contributed by atoms with van der Waals surface area (Å²) in [5.41, 5.74) is 0.663. The van der Waals surface area contributed by atoms with Gasteiger partial charge < -0.3 is 5.32 Å². The van der Waals surface area contributed by atoms with Crippen molar-refractivity contribution in [2.24, 2.45) is 0 Å². The van der Waals surface area contributed by atoms with E-state index in [9.17, 15) is 4.79 Å². The predicted molar refractivity (Wildman–Crippen MR) is 65.0 cm³/mol. The van der Waals surface area contributed by atoms with Crippen molar-refractivity contribution in [3.05, 3.63) is 46.4 Å². The van der Waals surface area contributed by atoms with Crippen LogP contribution in [0.3, 0.4) is 0 Å². The van der Waals surface area contributed by atoms with Crippen LogP contribution in [-0.4, -0.2) is 13.0 Å². The summed E-state index contributed by atoms with van der Waals surface area (Å²) in [4.78, 5) is 11.5. The zero-order valence-electron chi connectivity index (χ0n) is 8.25. The predicted octanol–water partition coefficient (Wildman–Crippen LogP) is 2.96. The maximum atomic E-state index is 11.5. The number of fused-ring (bicyclic) bond motifs is 1. The molecule has 0 radical (unpaired) electrons. The van der Waals surface area contributed by atoms with E-state index in [2.05, 4.69) is 21.2 Å². The van der Waals surface area contributed by atoms with Gasteiger partial charge in [0.2, 0.25) is 0 Å². The van der Waals surface area contributed by atoms with E-state index >= 15 is 0 Å². The number of benzene rings is 2. The summed E-state index contributed by atoms with van der Waals surface area (Å²) in [7, 11) is 1.63. The first kappa shape index (κ1) is 10.2. The summed E-state index contributed by atoms with van der Waals surface area (Å²) in [5, 5.41) is 4.81. The summed E-state index contributed by atoms with van der Waals surface area (Å²) >= 11 is 3.40. The van der Waals surface area contributed by atoms with Crippen molar-refractivity contribution in [1.29, 1.82) is 0 Å². The van der Waals surface area contributed by atoms with Gasteiger partial charge >= 0.3 is 0 Å². The number of halogens is 1. The van der Waals surface area contributed by atoms with Crippen molar-refractivity contribution in [3.8, 4) is 0 Å². The van der Waals surface area contributed by atoms with Crippen molar-refractivity contribution in [1.82, 2.24) is 5.32 Å². The molecule has 1 amide bonds. The Balaban J connectivity index is 2.67. The Kier molecular flexibility index (Phi) is 2.73. The van der Waals surface area contributed by atoms with Gasteiger partial charge in [0.05, 0.1) is 5.56 Å². The van der Waals surface area contributed by atoms with Crippen molar-refractivity contribution in [2.45, 2.75) is 0 Å². The molecule has 0 atom stereocenters. The Morgan fingerprint density at radius 1 is 1.20 bits per heavy atom. The summed E-state index contributed by atoms with van der Waals surface area (Å²) < 4.78 is 0.820. The van der Waals surface area contributed by atoms with Gasteiger partial charge in [-0.15, -0.1) is 0 Å². The smallest absolute Gasteiger partial charge is 0.252 e. The van der Waals surface area contributed by atoms with Gasteiger partial charge in [-0.2, -0.15) is 0 Å². The highest BCUT2D eigenvalue weighted by molar-refractivity contribution is 9.10. The molecule has 0 unspecified atom stereocenters. The van der Waals surface area contributed by atoms with Crippen LogP contribution in [0.1, 0.15) is 10.4 Å². The number of carbonyl (C=O) groups excluding carboxylic acids is 1. The minimum absolute atomic E-state index is 0.0763. The molecule has 0 bridgehead atoms. The third kappa shape index (κ3) is 1.88. The van der Waals surface area contributed by atoms with Crippen LogP contribution in [0.15, 0.2) is 40.9 Å². The van der Waals surface area contributed by atoms with E-state index in [4.69, 9.17) is 0 Å². The van der Waals surface area contributed by atoms with Crippen LogP contribution in [0.25, 0.3) is 10.8 Å². The first-order chi connectivity index (χ1) is 7.22. The van der Waals surface area contributed by atoms with Gasteiger partial charge in [0.25, 0.3) is 5.91 Å². The molecule has 15 heavy (non-hydrogen) atoms. The zero-order chi connectivity index (χ0) is 10.8. The van der Waals surface area contributed by atoms with Gasteiger partial charge in [0, 0.05) is 11.5 Å². The maximum Gasteiger partial charge on any atom is 0.252 e. The van der Waals surface area contributed by atoms with E-state index in [1.54, 1.807) is 7.05 Å². The highest BCUT2D eigenvalue weighted by Crippen LogP contribution is 2.24. The fourth-order valence-electron chi connectivity index (χ4n) is 1.52. The van der Waals surface area contributed by atoms with Gasteiger partial charge in [-0.3, -0.25) is 4.79 Å². The van der Waals surface area contributed by atoms with Crippen molar-refractivity contribution < 1.29 is 4.79 Å². The third-order valence-electron chi connectivity index (χ3n) is 2.31. The van der Waals surface area contributed by atoms with Crippen LogP contribution >= 0.6 is 15.9 Å². The average Bonchev–Trinajstić information content (AvgIpc) is 2.27. The van der Waals surface area contributed by atoms with Crippen LogP contribution in [0.5, 0.6) is 0 Å². The number of hydrogen-bond acceptors (Lipinski definition) is 1. The molecule has 0 aliphatic rings. The van der Waals surface area contributed by atoms with Crippen molar-refractivity contribution in [3.63, 3.8) is 0 Å². The van der Waals surface area contributed by atoms with Crippen molar-refractivity contribution in [2.75, 3.05) is 7.05 Å². The second-order valence-electron chi connectivity index (χ2n) is 3.26. The van der Waals surface area contributed by atoms with Crippen molar-refractivity contribution >= 4 is 32.6 Å². The monoisotopic (exact) mass is 263 g/mol. The first-order valence-corrected chi connectivity index (χ1v) is 5.42. The molecular formula is C12H10BrNO. The summed E-state index contributed by atoms with van der Waals surface area (Å²) in [6.07, 6.45) is 0. The highest BCUT2D eigenvalue weighted by Gasteiger charge is 2.08. The lowest BCUT2D eigenvalue weighted by Crippen LogP contribution is -2.18. The highest BCUT2D eigenvalue weighted by atomic mass is 79.9. The van der Waals surface area contributed by atoms with E-state index < -0.39 is 0 Å². The average molecular weight is 264 g/mol. The molecule has 0 saturated heterocycles. The lowest BCUT2D eigenvalue weighted by atomic mass is 10.1. The quantitative estimate of drug-likeness (QED) is 0.842. The number of nitrogens with one attached hydrogen (secondary N) is 1. The molecular weight excluding hydrogens is 254 g/mol. The largest absolute Gasteiger partial charge is 0.355 e. The van der Waals surface area contributed by atoms with E-state index in [1.165, 1.54) is 0 Å². The Morgan fingerprint density at radius 2 is 1.80 bits per heavy atom. The summed E-state index contributed by atoms with van der Waals surface area (Å²) in [5.74, 6) is -0.0763. The van der Waals surface area contributed by atoms with Gasteiger partial charge in [-0.1, -0.05) is 24.3 Å². The minimum atomic E-state index is -0.0763. The van der Waals surface area contributed by atoms with Gasteiger partial charge in [-0.05, 0) is 38.8 Å². The Hall–Kier alpha value is -1.35. The number of carbonyl (C=O) groups is 1. The Bertz CT molecular complexity index is 522. The molecule has 0 heterocycles. The van der Waals surface area contributed by atoms with Gasteiger partial charge in [0.15, 0.2) is 0 Å². The lowest BCUT2D eigenvalue weighted by molar-refractivity contribution is 0.0962. The van der Waals surface area contributed by atoms with E-state index in [-0.39, 0.29) is 5.91 Å². The van der Waals surface area contributed by atoms with Crippen LogP contribution in [-0.2, 0) is 0 Å². The molecule has 0 aromatic heterocycles. The molecule has 0 fully saturated rings. The minimum Gasteiger partial charge on any atom is -0.355 e. The zero-order valence-corrected chi connectivity index (χ0v) is 9.84. The number of hydrogen-bond donors (Lipinski definition) is 1. The second kappa shape index (κ2) is 4.03. The molecule has 0 spiro atoms. The Labute approximate surface area is 96.4 Å². The molecule has 0 saturated carbocycles. The van der Waals surface area contributed by atoms with E-state index in [1.807, 2.05) is 36.4 Å². The third-order valence-corrected chi connectivity index (χ3v) is 2.96. The second-order valence-corrected chi connectivity index (χ2v) is 4.11. The molecule has 2 aromatic carbocycles. The van der Waals surface area contributed by atoms with E-state index in [0.29, 0.717) is 5.56 Å².